The predicted molar refractivity (Wildman–Crippen MR) is 67.7 cm³/mol. The number of nitrogens with zero attached hydrogens (tertiary/aromatic N) is 1. The van der Waals surface area contributed by atoms with E-state index in [9.17, 15) is 8.78 Å². The molecule has 0 amide bonds. The van der Waals surface area contributed by atoms with E-state index in [1.807, 2.05) is 0 Å². The van der Waals surface area contributed by atoms with Crippen molar-refractivity contribution in [1.29, 1.82) is 0 Å². The van der Waals surface area contributed by atoms with E-state index in [0.29, 0.717) is 12.0 Å². The number of ether oxygens (including phenoxy) is 1. The van der Waals surface area contributed by atoms with Crippen molar-refractivity contribution in [3.05, 3.63) is 35.6 Å². The topological polar surface area (TPSA) is 47.6 Å². The highest BCUT2D eigenvalue weighted by molar-refractivity contribution is 5.81. The van der Waals surface area contributed by atoms with Crippen molar-refractivity contribution in [2.45, 2.75) is 26.1 Å². The van der Waals surface area contributed by atoms with E-state index in [-0.39, 0.29) is 31.4 Å². The maximum absolute atomic E-state index is 13.3. The average Bonchev–Trinajstić information content (AvgIpc) is 2.37. The number of aliphatic imine (C=N–C) groups is 1. The van der Waals surface area contributed by atoms with Crippen LogP contribution in [0.15, 0.2) is 29.3 Å². The Hall–Kier alpha value is -1.49. The van der Waals surface area contributed by atoms with Gasteiger partial charge in [0.15, 0.2) is 0 Å². The first-order chi connectivity index (χ1) is 8.63. The molecule has 0 aliphatic carbocycles. The summed E-state index contributed by atoms with van der Waals surface area (Å²) in [4.78, 5) is 3.98. The Morgan fingerprint density at radius 1 is 1.44 bits per heavy atom. The maximum atomic E-state index is 13.3. The van der Waals surface area contributed by atoms with Crippen LogP contribution in [0, 0.1) is 5.82 Å². The highest BCUT2D eigenvalue weighted by Gasteiger charge is 2.04. The minimum atomic E-state index is -0.982. The van der Waals surface area contributed by atoms with E-state index in [4.69, 9.17) is 10.5 Å². The van der Waals surface area contributed by atoms with Gasteiger partial charge in [-0.15, -0.1) is 0 Å². The molecule has 0 aliphatic rings. The molecule has 18 heavy (non-hydrogen) atoms. The number of halogens is 2. The fourth-order valence-electron chi connectivity index (χ4n) is 1.27. The van der Waals surface area contributed by atoms with Gasteiger partial charge in [-0.25, -0.2) is 8.78 Å². The summed E-state index contributed by atoms with van der Waals surface area (Å²) in [5.74, 6) is -0.0775. The van der Waals surface area contributed by atoms with E-state index in [2.05, 4.69) is 4.99 Å². The molecule has 1 unspecified atom stereocenters. The van der Waals surface area contributed by atoms with Gasteiger partial charge >= 0.3 is 0 Å². The third-order valence-electron chi connectivity index (χ3n) is 2.40. The van der Waals surface area contributed by atoms with Gasteiger partial charge in [-0.3, -0.25) is 4.99 Å². The van der Waals surface area contributed by atoms with Crippen LogP contribution in [0.3, 0.4) is 0 Å². The molecule has 0 fully saturated rings. The molecular weight excluding hydrogens is 238 g/mol. The van der Waals surface area contributed by atoms with E-state index >= 15 is 0 Å². The maximum Gasteiger partial charge on any atom is 0.128 e. The standard InChI is InChI=1S/C13H18F2N2O/c1-2-11(14)8-18-9-13(16)17-7-10-5-3-4-6-12(10)15/h3-6,11H,2,7-9H2,1H3,(H2,16,17). The van der Waals surface area contributed by atoms with Gasteiger partial charge in [-0.1, -0.05) is 25.1 Å². The lowest BCUT2D eigenvalue weighted by Gasteiger charge is -2.06. The second kappa shape index (κ2) is 7.76. The largest absolute Gasteiger partial charge is 0.386 e. The van der Waals surface area contributed by atoms with Crippen molar-refractivity contribution in [3.8, 4) is 0 Å². The summed E-state index contributed by atoms with van der Waals surface area (Å²) in [5.41, 5.74) is 6.05. The number of benzene rings is 1. The average molecular weight is 256 g/mol. The SMILES string of the molecule is CCC(F)COCC(N)=NCc1ccccc1F. The fraction of sp³-hybridized carbons (Fsp3) is 0.462. The number of rotatable bonds is 7. The minimum Gasteiger partial charge on any atom is -0.386 e. The van der Waals surface area contributed by atoms with Gasteiger partial charge in [0.05, 0.1) is 13.2 Å². The number of hydrogen-bond acceptors (Lipinski definition) is 2. The van der Waals surface area contributed by atoms with Crippen LogP contribution in [0.4, 0.5) is 8.78 Å². The summed E-state index contributed by atoms with van der Waals surface area (Å²) in [7, 11) is 0. The van der Waals surface area contributed by atoms with Crippen LogP contribution >= 0.6 is 0 Å². The summed E-state index contributed by atoms with van der Waals surface area (Å²) in [6.07, 6.45) is -0.573. The van der Waals surface area contributed by atoms with E-state index in [0.717, 1.165) is 0 Å². The van der Waals surface area contributed by atoms with Crippen molar-refractivity contribution in [3.63, 3.8) is 0 Å². The first-order valence-corrected chi connectivity index (χ1v) is 5.87. The minimum absolute atomic E-state index is 0.00637. The Bertz CT molecular complexity index is 396. The molecule has 0 aromatic heterocycles. The Balaban J connectivity index is 2.36. The van der Waals surface area contributed by atoms with Crippen LogP contribution in [-0.4, -0.2) is 25.2 Å². The van der Waals surface area contributed by atoms with Crippen LogP contribution < -0.4 is 5.73 Å². The van der Waals surface area contributed by atoms with Crippen LogP contribution in [0.25, 0.3) is 0 Å². The summed E-state index contributed by atoms with van der Waals surface area (Å²) in [6, 6.07) is 6.35. The molecule has 0 saturated carbocycles. The fourth-order valence-corrected chi connectivity index (χ4v) is 1.27. The van der Waals surface area contributed by atoms with Gasteiger partial charge < -0.3 is 10.5 Å². The highest BCUT2D eigenvalue weighted by atomic mass is 19.1. The zero-order valence-corrected chi connectivity index (χ0v) is 10.4. The van der Waals surface area contributed by atoms with Crippen molar-refractivity contribution in [1.82, 2.24) is 0 Å². The molecular formula is C13H18F2N2O. The molecule has 0 aliphatic heterocycles. The third kappa shape index (κ3) is 5.23. The Kier molecular flexibility index (Phi) is 6.28. The quantitative estimate of drug-likeness (QED) is 0.601. The molecule has 5 heteroatoms. The monoisotopic (exact) mass is 256 g/mol. The van der Waals surface area contributed by atoms with Crippen LogP contribution in [-0.2, 0) is 11.3 Å². The van der Waals surface area contributed by atoms with Crippen molar-refractivity contribution >= 4 is 5.84 Å². The van der Waals surface area contributed by atoms with E-state index < -0.39 is 6.17 Å². The molecule has 0 heterocycles. The first kappa shape index (κ1) is 14.6. The number of alkyl halides is 1. The smallest absolute Gasteiger partial charge is 0.128 e. The first-order valence-electron chi connectivity index (χ1n) is 5.87. The lowest BCUT2D eigenvalue weighted by Crippen LogP contribution is -2.22. The zero-order chi connectivity index (χ0) is 13.4. The van der Waals surface area contributed by atoms with Crippen molar-refractivity contribution < 1.29 is 13.5 Å². The summed E-state index contributed by atoms with van der Waals surface area (Å²) in [6.45, 7) is 1.97. The molecule has 1 rings (SSSR count). The van der Waals surface area contributed by atoms with Crippen LogP contribution in [0.1, 0.15) is 18.9 Å². The van der Waals surface area contributed by atoms with Gasteiger partial charge in [-0.2, -0.15) is 0 Å². The van der Waals surface area contributed by atoms with E-state index in [1.165, 1.54) is 6.07 Å². The molecule has 0 radical (unpaired) electrons. The van der Waals surface area contributed by atoms with Gasteiger partial charge in [-0.05, 0) is 12.5 Å². The summed E-state index contributed by atoms with van der Waals surface area (Å²) < 4.78 is 31.1. The molecule has 0 spiro atoms. The number of amidine groups is 1. The Morgan fingerprint density at radius 2 is 2.17 bits per heavy atom. The van der Waals surface area contributed by atoms with Gasteiger partial charge in [0.2, 0.25) is 0 Å². The summed E-state index contributed by atoms with van der Waals surface area (Å²) in [5, 5.41) is 0. The molecule has 2 N–H and O–H groups in total. The molecule has 100 valence electrons. The Morgan fingerprint density at radius 3 is 2.83 bits per heavy atom. The lowest BCUT2D eigenvalue weighted by atomic mass is 10.2. The van der Waals surface area contributed by atoms with Gasteiger partial charge in [0.1, 0.15) is 24.4 Å². The molecule has 1 aromatic rings. The molecule has 1 atom stereocenters. The van der Waals surface area contributed by atoms with Gasteiger partial charge in [0, 0.05) is 5.56 Å². The third-order valence-corrected chi connectivity index (χ3v) is 2.40. The lowest BCUT2D eigenvalue weighted by molar-refractivity contribution is 0.104. The Labute approximate surface area is 106 Å². The number of hydrogen-bond donors (Lipinski definition) is 1. The van der Waals surface area contributed by atoms with E-state index in [1.54, 1.807) is 25.1 Å². The normalized spacial score (nSPS) is 13.6. The summed E-state index contributed by atoms with van der Waals surface area (Å²) >= 11 is 0. The van der Waals surface area contributed by atoms with Crippen molar-refractivity contribution in [2.24, 2.45) is 10.7 Å². The molecule has 0 bridgehead atoms. The molecule has 0 saturated heterocycles. The predicted octanol–water partition coefficient (Wildman–Crippen LogP) is 2.45. The molecule has 3 nitrogen and oxygen atoms in total. The second-order valence-corrected chi connectivity index (χ2v) is 3.92. The number of nitrogens with two attached hydrogens (primary N) is 1. The zero-order valence-electron chi connectivity index (χ0n) is 10.4. The second-order valence-electron chi connectivity index (χ2n) is 3.92. The van der Waals surface area contributed by atoms with Gasteiger partial charge in [0.25, 0.3) is 0 Å². The van der Waals surface area contributed by atoms with Crippen molar-refractivity contribution in [2.75, 3.05) is 13.2 Å². The molecule has 1 aromatic carbocycles. The van der Waals surface area contributed by atoms with Crippen LogP contribution in [0.5, 0.6) is 0 Å². The van der Waals surface area contributed by atoms with Crippen LogP contribution in [0.2, 0.25) is 0 Å². The highest BCUT2D eigenvalue weighted by Crippen LogP contribution is 2.07.